The Morgan fingerprint density at radius 1 is 1.29 bits per heavy atom. The normalized spacial score (nSPS) is 21.3. The summed E-state index contributed by atoms with van der Waals surface area (Å²) in [4.78, 5) is 21.6. The smallest absolute Gasteiger partial charge is 0.303 e. The van der Waals surface area contributed by atoms with E-state index in [0.717, 1.165) is 5.41 Å². The van der Waals surface area contributed by atoms with Crippen molar-refractivity contribution in [1.82, 2.24) is 5.32 Å². The predicted molar refractivity (Wildman–Crippen MR) is 61.0 cm³/mol. The fraction of sp³-hybridized carbons (Fsp3) is 0.600. The average molecular weight is 261 g/mol. The van der Waals surface area contributed by atoms with Gasteiger partial charge < -0.3 is 10.4 Å². The number of unbranched alkanes of at least 4 members (excludes halogenated alkanes) is 1. The Hall–Kier alpha value is -1.37. The zero-order valence-electron chi connectivity index (χ0n) is 9.26. The van der Waals surface area contributed by atoms with Crippen LogP contribution in [0.3, 0.4) is 0 Å². The molecular weight excluding hydrogens is 246 g/mol. The van der Waals surface area contributed by atoms with Gasteiger partial charge in [-0.2, -0.15) is 0 Å². The van der Waals surface area contributed by atoms with Crippen molar-refractivity contribution < 1.29 is 23.1 Å². The van der Waals surface area contributed by atoms with Crippen LogP contribution < -0.4 is 5.32 Å². The quantitative estimate of drug-likeness (QED) is 0.658. The lowest BCUT2D eigenvalue weighted by Gasteiger charge is -2.09. The lowest BCUT2D eigenvalue weighted by molar-refractivity contribution is -0.137. The van der Waals surface area contributed by atoms with Gasteiger partial charge in [-0.05, 0) is 18.9 Å². The Labute approximate surface area is 99.6 Å². The van der Waals surface area contributed by atoms with Gasteiger partial charge in [0, 0.05) is 18.2 Å². The Bertz CT molecular complexity index is 426. The molecule has 1 atom stereocenters. The molecule has 96 valence electrons. The highest BCUT2D eigenvalue weighted by atomic mass is 32.2. The van der Waals surface area contributed by atoms with Crippen LogP contribution in [0.1, 0.15) is 25.7 Å². The third-order valence-corrected chi connectivity index (χ3v) is 3.72. The van der Waals surface area contributed by atoms with Crippen molar-refractivity contribution in [2.24, 2.45) is 0 Å². The van der Waals surface area contributed by atoms with Gasteiger partial charge in [0.05, 0.1) is 11.8 Å². The number of sulfone groups is 1. The molecule has 0 saturated carbocycles. The van der Waals surface area contributed by atoms with Gasteiger partial charge in [-0.25, -0.2) is 8.42 Å². The monoisotopic (exact) mass is 261 g/mol. The van der Waals surface area contributed by atoms with Gasteiger partial charge in [-0.15, -0.1) is 0 Å². The number of amides is 1. The van der Waals surface area contributed by atoms with Crippen LogP contribution in [0.5, 0.6) is 0 Å². The second kappa shape index (κ2) is 5.81. The molecule has 0 saturated heterocycles. The summed E-state index contributed by atoms with van der Waals surface area (Å²) in [6.45, 7) is 0. The Balaban J connectivity index is 2.18. The van der Waals surface area contributed by atoms with Crippen LogP contribution in [-0.2, 0) is 19.4 Å². The second-order valence-electron chi connectivity index (χ2n) is 3.93. The first-order chi connectivity index (χ1) is 7.89. The second-order valence-corrected chi connectivity index (χ2v) is 5.86. The van der Waals surface area contributed by atoms with Crippen LogP contribution >= 0.6 is 0 Å². The zero-order valence-corrected chi connectivity index (χ0v) is 10.1. The molecule has 1 heterocycles. The first-order valence-electron chi connectivity index (χ1n) is 5.31. The molecule has 0 radical (unpaired) electrons. The van der Waals surface area contributed by atoms with E-state index in [2.05, 4.69) is 5.32 Å². The van der Waals surface area contributed by atoms with E-state index >= 15 is 0 Å². The molecular formula is C10H15NO5S. The third-order valence-electron chi connectivity index (χ3n) is 2.32. The van der Waals surface area contributed by atoms with Gasteiger partial charge in [0.25, 0.3) is 0 Å². The summed E-state index contributed by atoms with van der Waals surface area (Å²) >= 11 is 0. The summed E-state index contributed by atoms with van der Waals surface area (Å²) in [5, 5.41) is 12.1. The number of carboxylic acid groups (broad SMARTS) is 1. The molecule has 6 nitrogen and oxygen atoms in total. The molecule has 17 heavy (non-hydrogen) atoms. The summed E-state index contributed by atoms with van der Waals surface area (Å²) in [5.74, 6) is -1.22. The summed E-state index contributed by atoms with van der Waals surface area (Å²) in [6, 6.07) is -0.452. The standard InChI is InChI=1S/C10H15NO5S/c12-9(3-1-2-4-10(13)14)11-8-5-6-17(15,16)7-8/h5-6,8H,1-4,7H2,(H,11,12)(H,13,14). The van der Waals surface area contributed by atoms with Gasteiger partial charge in [0.2, 0.25) is 5.91 Å². The summed E-state index contributed by atoms with van der Waals surface area (Å²) in [7, 11) is -3.15. The number of aliphatic carboxylic acids is 1. The molecule has 0 bridgehead atoms. The van der Waals surface area contributed by atoms with Gasteiger partial charge in [-0.3, -0.25) is 9.59 Å². The Morgan fingerprint density at radius 2 is 1.94 bits per heavy atom. The fourth-order valence-corrected chi connectivity index (χ4v) is 2.74. The maximum Gasteiger partial charge on any atom is 0.303 e. The molecule has 1 rings (SSSR count). The minimum atomic E-state index is -3.15. The van der Waals surface area contributed by atoms with Gasteiger partial charge in [0.1, 0.15) is 0 Å². The molecule has 0 aromatic heterocycles. The van der Waals surface area contributed by atoms with Crippen molar-refractivity contribution in [1.29, 1.82) is 0 Å². The van der Waals surface area contributed by atoms with Gasteiger partial charge in [-0.1, -0.05) is 0 Å². The SMILES string of the molecule is O=C(O)CCCCC(=O)NC1C=CS(=O)(=O)C1. The number of hydrogen-bond acceptors (Lipinski definition) is 4. The van der Waals surface area contributed by atoms with Crippen molar-refractivity contribution in [2.75, 3.05) is 5.75 Å². The topological polar surface area (TPSA) is 101 Å². The Morgan fingerprint density at radius 3 is 2.47 bits per heavy atom. The number of carboxylic acids is 1. The summed E-state index contributed by atoms with van der Waals surface area (Å²) in [6.07, 6.45) is 2.65. The number of carbonyl (C=O) groups excluding carboxylic acids is 1. The van der Waals surface area contributed by atoms with Crippen LogP contribution in [0.2, 0.25) is 0 Å². The van der Waals surface area contributed by atoms with Crippen molar-refractivity contribution in [3.05, 3.63) is 11.5 Å². The largest absolute Gasteiger partial charge is 0.481 e. The summed E-state index contributed by atoms with van der Waals surface area (Å²) in [5.41, 5.74) is 0. The lowest BCUT2D eigenvalue weighted by Crippen LogP contribution is -2.35. The zero-order chi connectivity index (χ0) is 12.9. The van der Waals surface area contributed by atoms with E-state index in [1.54, 1.807) is 0 Å². The molecule has 1 amide bonds. The van der Waals surface area contributed by atoms with Crippen LogP contribution in [0.15, 0.2) is 11.5 Å². The van der Waals surface area contributed by atoms with E-state index in [1.807, 2.05) is 0 Å². The maximum atomic E-state index is 11.4. The van der Waals surface area contributed by atoms with Gasteiger partial charge in [0.15, 0.2) is 9.84 Å². The van der Waals surface area contributed by atoms with Crippen molar-refractivity contribution >= 4 is 21.7 Å². The number of nitrogens with one attached hydrogen (secondary N) is 1. The van der Waals surface area contributed by atoms with Crippen LogP contribution in [0, 0.1) is 0 Å². The minimum Gasteiger partial charge on any atom is -0.481 e. The van der Waals surface area contributed by atoms with E-state index in [-0.39, 0.29) is 24.5 Å². The Kier molecular flexibility index (Phi) is 4.68. The van der Waals surface area contributed by atoms with E-state index in [1.165, 1.54) is 6.08 Å². The molecule has 1 aliphatic heterocycles. The molecule has 1 unspecified atom stereocenters. The first-order valence-corrected chi connectivity index (χ1v) is 7.03. The van der Waals surface area contributed by atoms with Crippen LogP contribution in [0.4, 0.5) is 0 Å². The molecule has 0 fully saturated rings. The summed E-state index contributed by atoms with van der Waals surface area (Å²) < 4.78 is 22.1. The molecule has 0 aromatic rings. The van der Waals surface area contributed by atoms with E-state index < -0.39 is 21.8 Å². The number of carbonyl (C=O) groups is 2. The molecule has 0 aliphatic carbocycles. The van der Waals surface area contributed by atoms with Crippen LogP contribution in [-0.4, -0.2) is 37.2 Å². The fourth-order valence-electron chi connectivity index (χ4n) is 1.51. The van der Waals surface area contributed by atoms with Crippen molar-refractivity contribution in [3.63, 3.8) is 0 Å². The number of hydrogen-bond donors (Lipinski definition) is 2. The van der Waals surface area contributed by atoms with E-state index in [0.29, 0.717) is 12.8 Å². The van der Waals surface area contributed by atoms with Crippen LogP contribution in [0.25, 0.3) is 0 Å². The van der Waals surface area contributed by atoms with Gasteiger partial charge >= 0.3 is 5.97 Å². The molecule has 2 N–H and O–H groups in total. The van der Waals surface area contributed by atoms with E-state index in [4.69, 9.17) is 5.11 Å². The maximum absolute atomic E-state index is 11.4. The lowest BCUT2D eigenvalue weighted by atomic mass is 10.2. The third kappa shape index (κ3) is 5.48. The highest BCUT2D eigenvalue weighted by Crippen LogP contribution is 2.08. The van der Waals surface area contributed by atoms with Crippen molar-refractivity contribution in [3.8, 4) is 0 Å². The number of rotatable bonds is 6. The highest BCUT2D eigenvalue weighted by molar-refractivity contribution is 7.94. The first kappa shape index (κ1) is 13.7. The van der Waals surface area contributed by atoms with Crippen molar-refractivity contribution in [2.45, 2.75) is 31.7 Å². The highest BCUT2D eigenvalue weighted by Gasteiger charge is 2.22. The average Bonchev–Trinajstić information content (AvgIpc) is 2.52. The molecule has 0 spiro atoms. The van der Waals surface area contributed by atoms with E-state index in [9.17, 15) is 18.0 Å². The predicted octanol–water partition coefficient (Wildman–Crippen LogP) is 0.0583. The minimum absolute atomic E-state index is 0.0466. The molecule has 1 aliphatic rings. The molecule has 7 heteroatoms. The molecule has 0 aromatic carbocycles.